The highest BCUT2D eigenvalue weighted by Gasteiger charge is 2.38. The zero-order valence-corrected chi connectivity index (χ0v) is 16.6. The molecule has 10 heteroatoms. The lowest BCUT2D eigenvalue weighted by molar-refractivity contribution is -0.136. The third kappa shape index (κ3) is 5.41. The predicted molar refractivity (Wildman–Crippen MR) is 101 cm³/mol. The highest BCUT2D eigenvalue weighted by Crippen LogP contribution is 2.28. The molecule has 154 valence electrons. The van der Waals surface area contributed by atoms with Crippen LogP contribution < -0.4 is 5.32 Å². The second-order valence-electron chi connectivity index (χ2n) is 6.65. The number of benzene rings is 1. The fraction of sp³-hybridized carbons (Fsp3) is 0.421. The van der Waals surface area contributed by atoms with Crippen molar-refractivity contribution in [1.82, 2.24) is 10.2 Å². The number of carbonyl (C=O) groups excluding carboxylic acids is 3. The van der Waals surface area contributed by atoms with Gasteiger partial charge in [0.1, 0.15) is 12.6 Å². The highest BCUT2D eigenvalue weighted by atomic mass is 32.2. The van der Waals surface area contributed by atoms with Crippen LogP contribution in [0.2, 0.25) is 0 Å². The first-order valence-corrected chi connectivity index (χ1v) is 10.7. The van der Waals surface area contributed by atoms with Gasteiger partial charge in [-0.2, -0.15) is 8.42 Å². The topological polar surface area (TPSA) is 119 Å². The van der Waals surface area contributed by atoms with Crippen LogP contribution in [0.15, 0.2) is 18.2 Å². The van der Waals surface area contributed by atoms with E-state index in [2.05, 4.69) is 21.3 Å². The molecule has 0 aliphatic carbocycles. The van der Waals surface area contributed by atoms with Crippen LogP contribution in [0, 0.1) is 11.8 Å². The summed E-state index contributed by atoms with van der Waals surface area (Å²) in [5, 5.41) is 2.27. The number of amides is 3. The summed E-state index contributed by atoms with van der Waals surface area (Å²) in [6.45, 7) is 0.416. The molecule has 1 aromatic rings. The van der Waals surface area contributed by atoms with E-state index in [4.69, 9.17) is 4.74 Å². The largest absolute Gasteiger partial charge is 0.366 e. The average Bonchev–Trinajstić information content (AvgIpc) is 2.96. The molecule has 2 heterocycles. The Morgan fingerprint density at radius 2 is 2.03 bits per heavy atom. The Hall–Kier alpha value is -2.74. The van der Waals surface area contributed by atoms with E-state index in [1.165, 1.54) is 4.90 Å². The van der Waals surface area contributed by atoms with Crippen LogP contribution in [0.25, 0.3) is 0 Å². The van der Waals surface area contributed by atoms with Crippen molar-refractivity contribution in [3.8, 4) is 11.8 Å². The van der Waals surface area contributed by atoms with Crippen molar-refractivity contribution in [1.29, 1.82) is 0 Å². The third-order valence-electron chi connectivity index (χ3n) is 4.46. The normalized spacial score (nSPS) is 18.9. The summed E-state index contributed by atoms with van der Waals surface area (Å²) in [7, 11) is -3.48. The summed E-state index contributed by atoms with van der Waals surface area (Å²) in [6, 6.07) is 4.53. The number of nitrogens with one attached hydrogen (secondary N) is 1. The summed E-state index contributed by atoms with van der Waals surface area (Å²) in [5.74, 6) is 4.73. The van der Waals surface area contributed by atoms with Crippen molar-refractivity contribution in [2.75, 3.05) is 26.1 Å². The maximum Gasteiger partial charge on any atom is 0.264 e. The lowest BCUT2D eigenvalue weighted by Gasteiger charge is -2.29. The molecule has 9 nitrogen and oxygen atoms in total. The van der Waals surface area contributed by atoms with Gasteiger partial charge in [0.05, 0.1) is 19.5 Å². The number of nitrogens with zero attached hydrogens (tertiary/aromatic N) is 1. The molecule has 0 bridgehead atoms. The second-order valence-corrected chi connectivity index (χ2v) is 8.30. The smallest absolute Gasteiger partial charge is 0.264 e. The van der Waals surface area contributed by atoms with Crippen LogP contribution in [0.1, 0.15) is 34.3 Å². The SMILES string of the molecule is CS(=O)(=O)OCCOCC#Cc1ccc2c(c1)CN(C1CCC(=O)NC1=O)C2=O. The second kappa shape index (κ2) is 8.73. The van der Waals surface area contributed by atoms with E-state index < -0.39 is 22.1 Å². The average molecular weight is 420 g/mol. The van der Waals surface area contributed by atoms with Gasteiger partial charge in [0, 0.05) is 24.1 Å². The Kier molecular flexibility index (Phi) is 6.32. The van der Waals surface area contributed by atoms with Gasteiger partial charge in [0.15, 0.2) is 0 Å². The van der Waals surface area contributed by atoms with Gasteiger partial charge < -0.3 is 9.64 Å². The zero-order valence-electron chi connectivity index (χ0n) is 15.8. The minimum atomic E-state index is -3.48. The Morgan fingerprint density at radius 1 is 1.24 bits per heavy atom. The number of rotatable bonds is 6. The minimum Gasteiger partial charge on any atom is -0.366 e. The van der Waals surface area contributed by atoms with Crippen molar-refractivity contribution in [2.45, 2.75) is 25.4 Å². The van der Waals surface area contributed by atoms with Crippen molar-refractivity contribution in [3.63, 3.8) is 0 Å². The Labute approximate surface area is 168 Å². The summed E-state index contributed by atoms with van der Waals surface area (Å²) in [5.41, 5.74) is 1.99. The Morgan fingerprint density at radius 3 is 2.76 bits per heavy atom. The van der Waals surface area contributed by atoms with Crippen molar-refractivity contribution >= 4 is 27.8 Å². The molecule has 29 heavy (non-hydrogen) atoms. The molecule has 0 radical (unpaired) electrons. The van der Waals surface area contributed by atoms with Gasteiger partial charge in [-0.25, -0.2) is 0 Å². The Balaban J connectivity index is 1.56. The third-order valence-corrected chi connectivity index (χ3v) is 5.05. The molecule has 1 fully saturated rings. The van der Waals surface area contributed by atoms with E-state index in [-0.39, 0.29) is 44.6 Å². The van der Waals surface area contributed by atoms with E-state index >= 15 is 0 Å². The molecule has 1 aromatic carbocycles. The summed E-state index contributed by atoms with van der Waals surface area (Å²) >= 11 is 0. The molecule has 3 amide bonds. The molecule has 2 aliphatic rings. The minimum absolute atomic E-state index is 0.0718. The fourth-order valence-electron chi connectivity index (χ4n) is 3.16. The number of ether oxygens (including phenoxy) is 1. The van der Waals surface area contributed by atoms with E-state index in [1.54, 1.807) is 18.2 Å². The van der Waals surface area contributed by atoms with Gasteiger partial charge in [0.2, 0.25) is 11.8 Å². The van der Waals surface area contributed by atoms with Crippen molar-refractivity contribution < 1.29 is 31.7 Å². The van der Waals surface area contributed by atoms with Crippen LogP contribution in [0.3, 0.4) is 0 Å². The monoisotopic (exact) mass is 420 g/mol. The molecule has 0 saturated carbocycles. The van der Waals surface area contributed by atoms with Gasteiger partial charge in [-0.15, -0.1) is 0 Å². The van der Waals surface area contributed by atoms with Crippen LogP contribution in [0.4, 0.5) is 0 Å². The fourth-order valence-corrected chi connectivity index (χ4v) is 3.53. The maximum atomic E-state index is 12.6. The molecule has 0 spiro atoms. The first-order valence-electron chi connectivity index (χ1n) is 8.93. The van der Waals surface area contributed by atoms with Crippen LogP contribution in [0.5, 0.6) is 0 Å². The van der Waals surface area contributed by atoms with Gasteiger partial charge in [-0.05, 0) is 30.2 Å². The number of hydrogen-bond acceptors (Lipinski definition) is 7. The van der Waals surface area contributed by atoms with Crippen molar-refractivity contribution in [3.05, 3.63) is 34.9 Å². The lowest BCUT2D eigenvalue weighted by atomic mass is 10.0. The summed E-state index contributed by atoms with van der Waals surface area (Å²) in [4.78, 5) is 37.5. The standard InChI is InChI=1S/C19H20N2O7S/c1-29(25,26)28-10-9-27-8-2-3-13-4-5-15-14(11-13)12-21(19(15)24)16-6-7-17(22)20-18(16)23/h4-5,11,16H,6-10,12H2,1H3,(H,20,22,23). The number of fused-ring (bicyclic) bond motifs is 1. The number of carbonyl (C=O) groups is 3. The molecule has 3 rings (SSSR count). The van der Waals surface area contributed by atoms with Gasteiger partial charge >= 0.3 is 0 Å². The number of piperidine rings is 1. The summed E-state index contributed by atoms with van der Waals surface area (Å²) < 4.78 is 31.3. The van der Waals surface area contributed by atoms with Crippen LogP contribution in [-0.4, -0.2) is 63.2 Å². The van der Waals surface area contributed by atoms with Gasteiger partial charge in [0.25, 0.3) is 16.0 Å². The molecular formula is C19H20N2O7S. The maximum absolute atomic E-state index is 12.6. The zero-order chi connectivity index (χ0) is 21.0. The molecule has 1 saturated heterocycles. The molecule has 2 aliphatic heterocycles. The predicted octanol–water partition coefficient (Wildman–Crippen LogP) is -0.208. The van der Waals surface area contributed by atoms with E-state index in [0.717, 1.165) is 11.8 Å². The Bertz CT molecular complexity index is 1010. The van der Waals surface area contributed by atoms with Gasteiger partial charge in [-0.3, -0.25) is 23.9 Å². The summed E-state index contributed by atoms with van der Waals surface area (Å²) in [6.07, 6.45) is 1.49. The van der Waals surface area contributed by atoms with Gasteiger partial charge in [-0.1, -0.05) is 11.8 Å². The molecular weight excluding hydrogens is 400 g/mol. The van der Waals surface area contributed by atoms with Crippen LogP contribution in [-0.2, 0) is 35.2 Å². The van der Waals surface area contributed by atoms with E-state index in [1.807, 2.05) is 0 Å². The number of imide groups is 1. The van der Waals surface area contributed by atoms with E-state index in [0.29, 0.717) is 17.5 Å². The molecule has 0 aromatic heterocycles. The quantitative estimate of drug-likeness (QED) is 0.293. The first-order chi connectivity index (χ1) is 13.7. The molecule has 1 unspecified atom stereocenters. The van der Waals surface area contributed by atoms with Crippen LogP contribution >= 0.6 is 0 Å². The molecule has 1 atom stereocenters. The van der Waals surface area contributed by atoms with Crippen molar-refractivity contribution in [2.24, 2.45) is 0 Å². The lowest BCUT2D eigenvalue weighted by Crippen LogP contribution is -2.52. The molecule has 1 N–H and O–H groups in total. The van der Waals surface area contributed by atoms with E-state index in [9.17, 15) is 22.8 Å². The first kappa shape index (κ1) is 21.0. The highest BCUT2D eigenvalue weighted by molar-refractivity contribution is 7.85. The number of hydrogen-bond donors (Lipinski definition) is 1.